The Morgan fingerprint density at radius 3 is 2.47 bits per heavy atom. The van der Waals surface area contributed by atoms with Crippen molar-refractivity contribution in [1.29, 1.82) is 0 Å². The van der Waals surface area contributed by atoms with Gasteiger partial charge in [-0.2, -0.15) is 0 Å². The van der Waals surface area contributed by atoms with Crippen molar-refractivity contribution in [2.45, 2.75) is 26.3 Å². The standard InChI is InChI=1S/C13H18IN3O2/c1-3-9(2)16-13(19)17-12(18)8-15-11-6-4-10(14)5-7-11/h4-7,9,15H,3,8H2,1-2H3,(H2,16,17,18,19)/t9-/m0/s1. The number of hydrogen-bond acceptors (Lipinski definition) is 3. The van der Waals surface area contributed by atoms with E-state index in [9.17, 15) is 9.59 Å². The molecule has 1 aromatic carbocycles. The second kappa shape index (κ2) is 7.98. The first-order valence-corrected chi connectivity index (χ1v) is 7.19. The molecule has 104 valence electrons. The maximum absolute atomic E-state index is 11.5. The predicted molar refractivity (Wildman–Crippen MR) is 84.1 cm³/mol. The number of carbonyl (C=O) groups is 2. The highest BCUT2D eigenvalue weighted by molar-refractivity contribution is 14.1. The van der Waals surface area contributed by atoms with Gasteiger partial charge in [-0.1, -0.05) is 6.92 Å². The van der Waals surface area contributed by atoms with E-state index in [0.717, 1.165) is 15.7 Å². The number of imide groups is 1. The largest absolute Gasteiger partial charge is 0.376 e. The van der Waals surface area contributed by atoms with Crippen molar-refractivity contribution >= 4 is 40.2 Å². The van der Waals surface area contributed by atoms with Gasteiger partial charge in [-0.05, 0) is 60.2 Å². The molecule has 1 atom stereocenters. The number of carbonyl (C=O) groups excluding carboxylic acids is 2. The van der Waals surface area contributed by atoms with Crippen molar-refractivity contribution in [3.8, 4) is 0 Å². The highest BCUT2D eigenvalue weighted by atomic mass is 127. The van der Waals surface area contributed by atoms with E-state index in [0.29, 0.717) is 0 Å². The van der Waals surface area contributed by atoms with Crippen LogP contribution in [0, 0.1) is 3.57 Å². The molecular weight excluding hydrogens is 357 g/mol. The lowest BCUT2D eigenvalue weighted by molar-refractivity contribution is -0.118. The van der Waals surface area contributed by atoms with Gasteiger partial charge in [0.25, 0.3) is 0 Å². The molecule has 0 saturated carbocycles. The summed E-state index contributed by atoms with van der Waals surface area (Å²) >= 11 is 2.21. The number of urea groups is 1. The zero-order valence-electron chi connectivity index (χ0n) is 11.0. The minimum atomic E-state index is -0.455. The molecule has 0 aliphatic heterocycles. The van der Waals surface area contributed by atoms with E-state index in [-0.39, 0.29) is 18.5 Å². The van der Waals surface area contributed by atoms with Crippen LogP contribution in [0.5, 0.6) is 0 Å². The molecule has 0 bridgehead atoms. The van der Waals surface area contributed by atoms with Crippen LogP contribution in [0.1, 0.15) is 20.3 Å². The molecule has 3 N–H and O–H groups in total. The van der Waals surface area contributed by atoms with Gasteiger partial charge in [0.1, 0.15) is 0 Å². The molecule has 0 aliphatic rings. The Balaban J connectivity index is 2.31. The summed E-state index contributed by atoms with van der Waals surface area (Å²) in [5.41, 5.74) is 0.845. The third-order valence-corrected chi connectivity index (χ3v) is 3.26. The topological polar surface area (TPSA) is 70.2 Å². The Hall–Kier alpha value is -1.31. The molecule has 1 aromatic rings. The number of anilines is 1. The van der Waals surface area contributed by atoms with E-state index in [1.807, 2.05) is 38.1 Å². The van der Waals surface area contributed by atoms with E-state index in [2.05, 4.69) is 38.5 Å². The molecule has 6 heteroatoms. The summed E-state index contributed by atoms with van der Waals surface area (Å²) < 4.78 is 1.13. The zero-order chi connectivity index (χ0) is 14.3. The van der Waals surface area contributed by atoms with Gasteiger partial charge in [0.05, 0.1) is 6.54 Å². The fourth-order valence-corrected chi connectivity index (χ4v) is 1.64. The highest BCUT2D eigenvalue weighted by Gasteiger charge is 2.09. The molecule has 1 rings (SSSR count). The summed E-state index contributed by atoms with van der Waals surface area (Å²) in [6.07, 6.45) is 0.822. The normalized spacial score (nSPS) is 11.5. The lowest BCUT2D eigenvalue weighted by atomic mass is 10.3. The quantitative estimate of drug-likeness (QED) is 0.692. The van der Waals surface area contributed by atoms with Crippen LogP contribution in [-0.2, 0) is 4.79 Å². The lowest BCUT2D eigenvalue weighted by Crippen LogP contribution is -2.45. The van der Waals surface area contributed by atoms with E-state index in [1.165, 1.54) is 0 Å². The molecule has 0 aromatic heterocycles. The first kappa shape index (κ1) is 15.7. The van der Waals surface area contributed by atoms with Crippen LogP contribution in [0.2, 0.25) is 0 Å². The number of halogens is 1. The molecular formula is C13H18IN3O2. The van der Waals surface area contributed by atoms with E-state index >= 15 is 0 Å². The minimum Gasteiger partial charge on any atom is -0.376 e. The van der Waals surface area contributed by atoms with Crippen molar-refractivity contribution in [1.82, 2.24) is 10.6 Å². The molecule has 0 spiro atoms. The zero-order valence-corrected chi connectivity index (χ0v) is 13.2. The first-order chi connectivity index (χ1) is 9.01. The van der Waals surface area contributed by atoms with Gasteiger partial charge in [0.2, 0.25) is 5.91 Å². The van der Waals surface area contributed by atoms with Crippen molar-refractivity contribution in [3.63, 3.8) is 0 Å². The average molecular weight is 375 g/mol. The fourth-order valence-electron chi connectivity index (χ4n) is 1.28. The maximum atomic E-state index is 11.5. The molecule has 19 heavy (non-hydrogen) atoms. The van der Waals surface area contributed by atoms with Gasteiger partial charge < -0.3 is 10.6 Å². The van der Waals surface area contributed by atoms with Crippen molar-refractivity contribution < 1.29 is 9.59 Å². The smallest absolute Gasteiger partial charge is 0.321 e. The number of benzene rings is 1. The molecule has 0 unspecified atom stereocenters. The number of rotatable bonds is 5. The lowest BCUT2D eigenvalue weighted by Gasteiger charge is -2.12. The molecule has 3 amide bonds. The maximum Gasteiger partial charge on any atom is 0.321 e. The van der Waals surface area contributed by atoms with Crippen LogP contribution in [-0.4, -0.2) is 24.5 Å². The fraction of sp³-hybridized carbons (Fsp3) is 0.385. The van der Waals surface area contributed by atoms with Crippen LogP contribution in [0.15, 0.2) is 24.3 Å². The Labute approximate surface area is 126 Å². The SMILES string of the molecule is CC[C@H](C)NC(=O)NC(=O)CNc1ccc(I)cc1. The molecule has 0 aliphatic carbocycles. The van der Waals surface area contributed by atoms with Gasteiger partial charge in [-0.25, -0.2) is 4.79 Å². The second-order valence-corrected chi connectivity index (χ2v) is 5.44. The summed E-state index contributed by atoms with van der Waals surface area (Å²) in [5, 5.41) is 7.89. The van der Waals surface area contributed by atoms with Gasteiger partial charge in [0, 0.05) is 15.3 Å². The first-order valence-electron chi connectivity index (χ1n) is 6.11. The van der Waals surface area contributed by atoms with Crippen molar-refractivity contribution in [3.05, 3.63) is 27.8 Å². The summed E-state index contributed by atoms with van der Waals surface area (Å²) in [6, 6.07) is 7.25. The third-order valence-electron chi connectivity index (χ3n) is 2.54. The monoisotopic (exact) mass is 375 g/mol. The number of hydrogen-bond donors (Lipinski definition) is 3. The Bertz CT molecular complexity index is 434. The van der Waals surface area contributed by atoms with Gasteiger partial charge >= 0.3 is 6.03 Å². The van der Waals surface area contributed by atoms with Crippen LogP contribution in [0.25, 0.3) is 0 Å². The Morgan fingerprint density at radius 1 is 1.26 bits per heavy atom. The summed E-state index contributed by atoms with van der Waals surface area (Å²) in [6.45, 7) is 3.91. The van der Waals surface area contributed by atoms with E-state index in [4.69, 9.17) is 0 Å². The highest BCUT2D eigenvalue weighted by Crippen LogP contribution is 2.10. The number of nitrogens with one attached hydrogen (secondary N) is 3. The van der Waals surface area contributed by atoms with Crippen LogP contribution in [0.4, 0.5) is 10.5 Å². The molecule has 0 saturated heterocycles. The Morgan fingerprint density at radius 2 is 1.89 bits per heavy atom. The molecule has 0 radical (unpaired) electrons. The second-order valence-electron chi connectivity index (χ2n) is 4.19. The van der Waals surface area contributed by atoms with Crippen LogP contribution < -0.4 is 16.0 Å². The van der Waals surface area contributed by atoms with Crippen molar-refractivity contribution in [2.75, 3.05) is 11.9 Å². The average Bonchev–Trinajstić information content (AvgIpc) is 2.37. The van der Waals surface area contributed by atoms with Crippen LogP contribution >= 0.6 is 22.6 Å². The van der Waals surface area contributed by atoms with Crippen molar-refractivity contribution in [2.24, 2.45) is 0 Å². The summed E-state index contributed by atoms with van der Waals surface area (Å²) in [4.78, 5) is 22.9. The Kier molecular flexibility index (Phi) is 6.61. The van der Waals surface area contributed by atoms with Gasteiger partial charge in [-0.3, -0.25) is 10.1 Å². The molecule has 0 heterocycles. The number of amides is 3. The summed E-state index contributed by atoms with van der Waals surface area (Å²) in [7, 11) is 0. The predicted octanol–water partition coefficient (Wildman–Crippen LogP) is 2.33. The van der Waals surface area contributed by atoms with Crippen LogP contribution in [0.3, 0.4) is 0 Å². The van der Waals surface area contributed by atoms with E-state index in [1.54, 1.807) is 0 Å². The van der Waals surface area contributed by atoms with Gasteiger partial charge in [-0.15, -0.1) is 0 Å². The molecule has 0 fully saturated rings. The van der Waals surface area contributed by atoms with Gasteiger partial charge in [0.15, 0.2) is 0 Å². The van der Waals surface area contributed by atoms with E-state index < -0.39 is 6.03 Å². The minimum absolute atomic E-state index is 0.0527. The molecule has 5 nitrogen and oxygen atoms in total. The summed E-state index contributed by atoms with van der Waals surface area (Å²) in [5.74, 6) is -0.362. The third kappa shape index (κ3) is 6.42.